The second-order valence-corrected chi connectivity index (χ2v) is 9.63. The predicted molar refractivity (Wildman–Crippen MR) is 118 cm³/mol. The van der Waals surface area contributed by atoms with Gasteiger partial charge >= 0.3 is 0 Å². The zero-order valence-corrected chi connectivity index (χ0v) is 19.3. The van der Waals surface area contributed by atoms with E-state index in [1.165, 1.54) is 0 Å². The van der Waals surface area contributed by atoms with Crippen molar-refractivity contribution in [1.29, 1.82) is 0 Å². The van der Waals surface area contributed by atoms with Gasteiger partial charge in [0.05, 0.1) is 13.2 Å². The molecule has 1 aromatic rings. The lowest BCUT2D eigenvalue weighted by Crippen LogP contribution is -2.54. The van der Waals surface area contributed by atoms with E-state index in [1.807, 2.05) is 19.9 Å². The molecule has 0 aliphatic carbocycles. The highest BCUT2D eigenvalue weighted by Gasteiger charge is 2.34. The van der Waals surface area contributed by atoms with Crippen LogP contribution in [0.2, 0.25) is 0 Å². The number of ether oxygens (including phenoxy) is 1. The van der Waals surface area contributed by atoms with Gasteiger partial charge in [-0.3, -0.25) is 14.6 Å². The number of benzene rings is 1. The van der Waals surface area contributed by atoms with E-state index < -0.39 is 10.0 Å². The number of carbonyl (C=O) groups is 1. The van der Waals surface area contributed by atoms with Gasteiger partial charge in [0, 0.05) is 51.9 Å². The van der Waals surface area contributed by atoms with Crippen LogP contribution in [0.5, 0.6) is 5.75 Å². The number of rotatable bonds is 7. The summed E-state index contributed by atoms with van der Waals surface area (Å²) in [4.78, 5) is 13.4. The summed E-state index contributed by atoms with van der Waals surface area (Å²) < 4.78 is 33.7. The Balaban J connectivity index is 0.00000107. The Morgan fingerprint density at radius 1 is 1.13 bits per heavy atom. The van der Waals surface area contributed by atoms with Crippen LogP contribution in [-0.4, -0.2) is 104 Å². The molecule has 2 fully saturated rings. The van der Waals surface area contributed by atoms with Gasteiger partial charge in [0.15, 0.2) is 0 Å². The van der Waals surface area contributed by atoms with Crippen molar-refractivity contribution in [1.82, 2.24) is 14.1 Å². The Morgan fingerprint density at radius 2 is 1.74 bits per heavy atom. The molecule has 0 aromatic heterocycles. The maximum atomic E-state index is 13.2. The van der Waals surface area contributed by atoms with Gasteiger partial charge in [-0.25, -0.2) is 8.42 Å². The first-order valence-electron chi connectivity index (χ1n) is 10.8. The number of piperidine rings is 1. The second kappa shape index (κ2) is 12.4. The molecule has 0 unspecified atom stereocenters. The maximum Gasteiger partial charge on any atom is 0.290 e. The van der Waals surface area contributed by atoms with Crippen molar-refractivity contribution in [2.45, 2.75) is 37.6 Å². The zero-order valence-electron chi connectivity index (χ0n) is 18.4. The number of β-amino-alcohol motifs (C(OH)–C–C–N with tert-alkyl or cyclic N) is 1. The van der Waals surface area contributed by atoms with Crippen LogP contribution in [0.4, 0.5) is 0 Å². The molecule has 0 atom stereocenters. The minimum atomic E-state index is -3.55. The highest BCUT2D eigenvalue weighted by atomic mass is 32.2. The fourth-order valence-electron chi connectivity index (χ4n) is 4.17. The average Bonchev–Trinajstić information content (AvgIpc) is 2.76. The number of aryl methyl sites for hydroxylation is 1. The molecular formula is C21H35N3O6S. The Hall–Kier alpha value is -1.72. The van der Waals surface area contributed by atoms with Gasteiger partial charge in [0.25, 0.3) is 6.47 Å². The highest BCUT2D eigenvalue weighted by molar-refractivity contribution is 7.89. The molecule has 2 heterocycles. The van der Waals surface area contributed by atoms with Gasteiger partial charge in [0.1, 0.15) is 10.6 Å². The van der Waals surface area contributed by atoms with Crippen molar-refractivity contribution in [3.63, 3.8) is 0 Å². The van der Waals surface area contributed by atoms with Gasteiger partial charge in [-0.15, -0.1) is 0 Å². The minimum absolute atomic E-state index is 0.207. The standard InChI is InChI=1S/C20H33N3O4S.CH2O2/c1-3-27-19-5-4-17(2)16-20(19)28(25,26)23-8-6-18(7-9-23)22-12-10-21(11-13-22)14-15-24;2-1-3/h4-5,16,18,24H,3,6-15H2,1-2H3;1H,(H,2,3). The first-order valence-corrected chi connectivity index (χ1v) is 12.2. The summed E-state index contributed by atoms with van der Waals surface area (Å²) in [6.07, 6.45) is 1.71. The van der Waals surface area contributed by atoms with Gasteiger partial charge in [-0.2, -0.15) is 4.31 Å². The van der Waals surface area contributed by atoms with Gasteiger partial charge in [0.2, 0.25) is 10.0 Å². The Labute approximate surface area is 185 Å². The van der Waals surface area contributed by atoms with Crippen molar-refractivity contribution >= 4 is 16.5 Å². The van der Waals surface area contributed by atoms with E-state index in [1.54, 1.807) is 16.4 Å². The van der Waals surface area contributed by atoms with Crippen LogP contribution in [0, 0.1) is 6.92 Å². The molecule has 176 valence electrons. The van der Waals surface area contributed by atoms with Gasteiger partial charge < -0.3 is 14.9 Å². The van der Waals surface area contributed by atoms with Crippen molar-refractivity contribution in [2.75, 3.05) is 59.0 Å². The van der Waals surface area contributed by atoms with Crippen LogP contribution in [-0.2, 0) is 14.8 Å². The second-order valence-electron chi connectivity index (χ2n) is 7.73. The van der Waals surface area contributed by atoms with Crippen LogP contribution in [0.15, 0.2) is 23.1 Å². The van der Waals surface area contributed by atoms with Crippen molar-refractivity contribution in [3.8, 4) is 5.75 Å². The SMILES string of the molecule is CCOc1ccc(C)cc1S(=O)(=O)N1CCC(N2CCN(CCO)CC2)CC1.O=CO. The highest BCUT2D eigenvalue weighted by Crippen LogP contribution is 2.30. The van der Waals surface area contributed by atoms with Crippen LogP contribution < -0.4 is 4.74 Å². The first-order chi connectivity index (χ1) is 14.9. The van der Waals surface area contributed by atoms with E-state index in [9.17, 15) is 8.42 Å². The van der Waals surface area contributed by atoms with Crippen LogP contribution in [0.3, 0.4) is 0 Å². The fraction of sp³-hybridized carbons (Fsp3) is 0.667. The number of hydrogen-bond donors (Lipinski definition) is 2. The van der Waals surface area contributed by atoms with Crippen molar-refractivity contribution < 1.29 is 28.2 Å². The topological polar surface area (TPSA) is 111 Å². The number of sulfonamides is 1. The molecule has 0 radical (unpaired) electrons. The first kappa shape index (κ1) is 25.5. The summed E-state index contributed by atoms with van der Waals surface area (Å²) >= 11 is 0. The third-order valence-electron chi connectivity index (χ3n) is 5.78. The molecule has 0 spiro atoms. The lowest BCUT2D eigenvalue weighted by Gasteiger charge is -2.42. The fourth-order valence-corrected chi connectivity index (χ4v) is 5.86. The maximum absolute atomic E-state index is 13.2. The molecule has 2 aliphatic heterocycles. The average molecular weight is 458 g/mol. The van der Waals surface area contributed by atoms with Crippen molar-refractivity contribution in [3.05, 3.63) is 23.8 Å². The molecule has 2 saturated heterocycles. The normalized spacial score (nSPS) is 19.5. The smallest absolute Gasteiger partial charge is 0.290 e. The van der Waals surface area contributed by atoms with E-state index in [2.05, 4.69) is 9.80 Å². The number of aliphatic hydroxyl groups is 1. The number of aliphatic hydroxyl groups excluding tert-OH is 1. The number of nitrogens with zero attached hydrogens (tertiary/aromatic N) is 3. The molecule has 2 N–H and O–H groups in total. The molecular weight excluding hydrogens is 422 g/mol. The molecule has 31 heavy (non-hydrogen) atoms. The zero-order chi connectivity index (χ0) is 22.9. The van der Waals surface area contributed by atoms with Crippen LogP contribution >= 0.6 is 0 Å². The Bertz CT molecular complexity index is 788. The van der Waals surface area contributed by atoms with E-state index >= 15 is 0 Å². The van der Waals surface area contributed by atoms with Crippen LogP contribution in [0.1, 0.15) is 25.3 Å². The monoisotopic (exact) mass is 457 g/mol. The molecule has 10 heteroatoms. The van der Waals surface area contributed by atoms with Crippen molar-refractivity contribution in [2.24, 2.45) is 0 Å². The molecule has 0 saturated carbocycles. The third kappa shape index (κ3) is 6.88. The van der Waals surface area contributed by atoms with Gasteiger partial charge in [-0.05, 0) is 44.4 Å². The summed E-state index contributed by atoms with van der Waals surface area (Å²) in [5.41, 5.74) is 0.915. The lowest BCUT2D eigenvalue weighted by molar-refractivity contribution is -0.122. The quantitative estimate of drug-likeness (QED) is 0.580. The Morgan fingerprint density at radius 3 is 2.29 bits per heavy atom. The van der Waals surface area contributed by atoms with Crippen LogP contribution in [0.25, 0.3) is 0 Å². The summed E-state index contributed by atoms with van der Waals surface area (Å²) in [6.45, 7) is 9.91. The molecule has 0 bridgehead atoms. The molecule has 1 aromatic carbocycles. The summed E-state index contributed by atoms with van der Waals surface area (Å²) in [5, 5.41) is 16.0. The van der Waals surface area contributed by atoms with E-state index in [-0.39, 0.29) is 18.0 Å². The largest absolute Gasteiger partial charge is 0.492 e. The summed E-state index contributed by atoms with van der Waals surface area (Å²) in [6, 6.07) is 5.79. The number of piperazine rings is 1. The Kier molecular flexibility index (Phi) is 10.2. The predicted octanol–water partition coefficient (Wildman–Crippen LogP) is 0.858. The molecule has 2 aliphatic rings. The molecule has 9 nitrogen and oxygen atoms in total. The van der Waals surface area contributed by atoms with E-state index in [4.69, 9.17) is 19.7 Å². The van der Waals surface area contributed by atoms with Gasteiger partial charge in [-0.1, -0.05) is 6.07 Å². The lowest BCUT2D eigenvalue weighted by atomic mass is 10.0. The third-order valence-corrected chi connectivity index (χ3v) is 7.70. The van der Waals surface area contributed by atoms with E-state index in [0.717, 1.165) is 51.1 Å². The van der Waals surface area contributed by atoms with E-state index in [0.29, 0.717) is 31.5 Å². The number of carboxylic acid groups (broad SMARTS) is 1. The molecule has 0 amide bonds. The number of hydrogen-bond acceptors (Lipinski definition) is 7. The summed E-state index contributed by atoms with van der Waals surface area (Å²) in [5.74, 6) is 0.440. The summed E-state index contributed by atoms with van der Waals surface area (Å²) in [7, 11) is -3.55. The molecule has 3 rings (SSSR count). The minimum Gasteiger partial charge on any atom is -0.492 e.